The highest BCUT2D eigenvalue weighted by atomic mass is 79.9. The molecule has 110 valence electrons. The van der Waals surface area contributed by atoms with Crippen LogP contribution in [0.1, 0.15) is 12.7 Å². The van der Waals surface area contributed by atoms with E-state index >= 15 is 0 Å². The minimum Gasteiger partial charge on any atom is -0.334 e. The molecule has 1 aromatic rings. The van der Waals surface area contributed by atoms with Gasteiger partial charge in [0.15, 0.2) is 5.03 Å². The molecular weight excluding hydrogens is 344 g/mol. The van der Waals surface area contributed by atoms with E-state index in [-0.39, 0.29) is 16.9 Å². The number of rotatable bonds is 7. The molecule has 0 unspecified atom stereocenters. The Balaban J connectivity index is 3.10. The van der Waals surface area contributed by atoms with Crippen molar-refractivity contribution in [1.29, 1.82) is 0 Å². The Morgan fingerprint density at radius 1 is 1.53 bits per heavy atom. The van der Waals surface area contributed by atoms with E-state index in [4.69, 9.17) is 0 Å². The van der Waals surface area contributed by atoms with Crippen LogP contribution in [0, 0.1) is 6.92 Å². The zero-order chi connectivity index (χ0) is 14.6. The third-order valence-corrected chi connectivity index (χ3v) is 4.67. The lowest BCUT2D eigenvalue weighted by Crippen LogP contribution is -2.36. The number of alkyl halides is 3. The molecule has 9 heteroatoms. The lowest BCUT2D eigenvalue weighted by atomic mass is 10.6. The van der Waals surface area contributed by atoms with Gasteiger partial charge in [-0.3, -0.25) is 0 Å². The van der Waals surface area contributed by atoms with Crippen LogP contribution in [0.3, 0.4) is 0 Å². The number of nitrogens with zero attached hydrogens (tertiary/aromatic N) is 3. The number of sulfonamides is 1. The molecule has 0 N–H and O–H groups in total. The Morgan fingerprint density at radius 3 is 2.58 bits per heavy atom. The molecule has 0 aliphatic heterocycles. The van der Waals surface area contributed by atoms with Gasteiger partial charge in [0.05, 0.1) is 6.54 Å². The predicted octanol–water partition coefficient (Wildman–Crippen LogP) is 1.86. The Labute approximate surface area is 119 Å². The summed E-state index contributed by atoms with van der Waals surface area (Å²) in [6.07, 6.45) is -1.35. The van der Waals surface area contributed by atoms with Gasteiger partial charge in [0.1, 0.15) is 5.82 Å². The Morgan fingerprint density at radius 2 is 2.16 bits per heavy atom. The minimum absolute atomic E-state index is 0.0231. The highest BCUT2D eigenvalue weighted by molar-refractivity contribution is 9.09. The van der Waals surface area contributed by atoms with Crippen molar-refractivity contribution in [3.8, 4) is 0 Å². The van der Waals surface area contributed by atoms with E-state index in [9.17, 15) is 17.2 Å². The smallest absolute Gasteiger partial charge is 0.262 e. The maximum absolute atomic E-state index is 12.5. The van der Waals surface area contributed by atoms with Crippen molar-refractivity contribution in [2.75, 3.05) is 18.4 Å². The van der Waals surface area contributed by atoms with Gasteiger partial charge in [0.25, 0.3) is 16.4 Å². The topological polar surface area (TPSA) is 55.2 Å². The standard InChI is InChI=1S/C10H16BrF2N3O2S/c1-3-15-7-10(14-8(15)2)19(17,18)16(5-4-11)6-9(12)13/h7,9H,3-6H2,1-2H3. The van der Waals surface area contributed by atoms with E-state index in [0.717, 1.165) is 4.31 Å². The SMILES string of the molecule is CCn1cc(S(=O)(=O)N(CCBr)CC(F)F)nc1C. The molecule has 0 aliphatic rings. The highest BCUT2D eigenvalue weighted by Gasteiger charge is 2.29. The molecule has 0 saturated carbocycles. The third kappa shape index (κ3) is 3.96. The first-order valence-corrected chi connectivity index (χ1v) is 8.27. The average Bonchev–Trinajstić information content (AvgIpc) is 2.70. The molecule has 0 spiro atoms. The summed E-state index contributed by atoms with van der Waals surface area (Å²) in [5, 5.41) is 0.0975. The normalized spacial score (nSPS) is 12.6. The Bertz CT molecular complexity index is 519. The quantitative estimate of drug-likeness (QED) is 0.698. The zero-order valence-corrected chi connectivity index (χ0v) is 13.1. The summed E-state index contributed by atoms with van der Waals surface area (Å²) in [7, 11) is -3.98. The van der Waals surface area contributed by atoms with Gasteiger partial charge in [0.2, 0.25) is 0 Å². The molecule has 0 fully saturated rings. The van der Waals surface area contributed by atoms with Gasteiger partial charge < -0.3 is 4.57 Å². The Kier molecular flexibility index (Phi) is 5.87. The van der Waals surface area contributed by atoms with Gasteiger partial charge in [-0.2, -0.15) is 4.31 Å². The van der Waals surface area contributed by atoms with Crippen LogP contribution < -0.4 is 0 Å². The van der Waals surface area contributed by atoms with Crippen LogP contribution in [0.2, 0.25) is 0 Å². The first kappa shape index (κ1) is 16.5. The van der Waals surface area contributed by atoms with E-state index in [2.05, 4.69) is 20.9 Å². The molecule has 0 radical (unpaired) electrons. The van der Waals surface area contributed by atoms with E-state index in [1.54, 1.807) is 11.5 Å². The van der Waals surface area contributed by atoms with Gasteiger partial charge >= 0.3 is 0 Å². The first-order chi connectivity index (χ1) is 8.82. The van der Waals surface area contributed by atoms with Crippen molar-refractivity contribution in [1.82, 2.24) is 13.9 Å². The summed E-state index contributed by atoms with van der Waals surface area (Å²) >= 11 is 3.06. The van der Waals surface area contributed by atoms with Crippen molar-refractivity contribution in [3.05, 3.63) is 12.0 Å². The number of hydrogen-bond donors (Lipinski definition) is 0. The Hall–Kier alpha value is -0.540. The molecule has 5 nitrogen and oxygen atoms in total. The summed E-state index contributed by atoms with van der Waals surface area (Å²) in [5.74, 6) is 0.539. The van der Waals surface area contributed by atoms with E-state index in [1.165, 1.54) is 6.20 Å². The second kappa shape index (κ2) is 6.76. The van der Waals surface area contributed by atoms with Crippen LogP contribution in [0.25, 0.3) is 0 Å². The fourth-order valence-corrected chi connectivity index (χ4v) is 3.69. The van der Waals surface area contributed by atoms with Crippen LogP contribution in [-0.2, 0) is 16.6 Å². The van der Waals surface area contributed by atoms with Crippen molar-refractivity contribution < 1.29 is 17.2 Å². The number of hydrogen-bond acceptors (Lipinski definition) is 3. The maximum atomic E-state index is 12.5. The predicted molar refractivity (Wildman–Crippen MR) is 71.2 cm³/mol. The van der Waals surface area contributed by atoms with Crippen LogP contribution in [0.15, 0.2) is 11.2 Å². The molecule has 0 aromatic carbocycles. The van der Waals surface area contributed by atoms with Gasteiger partial charge in [-0.05, 0) is 13.8 Å². The van der Waals surface area contributed by atoms with Crippen molar-refractivity contribution in [3.63, 3.8) is 0 Å². The number of halogens is 3. The van der Waals surface area contributed by atoms with Crippen LogP contribution in [0.5, 0.6) is 0 Å². The molecule has 1 rings (SSSR count). The largest absolute Gasteiger partial charge is 0.334 e. The summed E-state index contributed by atoms with van der Waals surface area (Å²) in [5.41, 5.74) is 0. The zero-order valence-electron chi connectivity index (χ0n) is 10.7. The van der Waals surface area contributed by atoms with Crippen LogP contribution >= 0.6 is 15.9 Å². The molecular formula is C10H16BrF2N3O2S. The molecule has 0 amide bonds. The fraction of sp³-hybridized carbons (Fsp3) is 0.700. The van der Waals surface area contributed by atoms with Gasteiger partial charge in [-0.15, -0.1) is 0 Å². The summed E-state index contributed by atoms with van der Waals surface area (Å²) in [4.78, 5) is 3.94. The first-order valence-electron chi connectivity index (χ1n) is 5.71. The maximum Gasteiger partial charge on any atom is 0.262 e. The fourth-order valence-electron chi connectivity index (χ4n) is 1.61. The van der Waals surface area contributed by atoms with Gasteiger partial charge in [0, 0.05) is 24.6 Å². The third-order valence-electron chi connectivity index (χ3n) is 2.57. The van der Waals surface area contributed by atoms with Crippen LogP contribution in [0.4, 0.5) is 8.78 Å². The highest BCUT2D eigenvalue weighted by Crippen LogP contribution is 2.17. The monoisotopic (exact) mass is 359 g/mol. The molecule has 19 heavy (non-hydrogen) atoms. The van der Waals surface area contributed by atoms with E-state index < -0.39 is 23.0 Å². The summed E-state index contributed by atoms with van der Waals surface area (Å²) < 4.78 is 51.8. The molecule has 0 atom stereocenters. The van der Waals surface area contributed by atoms with E-state index in [0.29, 0.717) is 12.4 Å². The van der Waals surface area contributed by atoms with Gasteiger partial charge in [-0.25, -0.2) is 22.2 Å². The summed E-state index contributed by atoms with van der Waals surface area (Å²) in [6, 6.07) is 0. The molecule has 0 aliphatic carbocycles. The van der Waals surface area contributed by atoms with Crippen LogP contribution in [-0.4, -0.2) is 47.1 Å². The number of aryl methyl sites for hydroxylation is 2. The van der Waals surface area contributed by atoms with E-state index in [1.807, 2.05) is 6.92 Å². The summed E-state index contributed by atoms with van der Waals surface area (Å²) in [6.45, 7) is 3.24. The number of aromatic nitrogens is 2. The lowest BCUT2D eigenvalue weighted by molar-refractivity contribution is 0.121. The van der Waals surface area contributed by atoms with Gasteiger partial charge in [-0.1, -0.05) is 15.9 Å². The number of imidazole rings is 1. The van der Waals surface area contributed by atoms with Crippen molar-refractivity contribution >= 4 is 26.0 Å². The molecule has 1 aromatic heterocycles. The lowest BCUT2D eigenvalue weighted by Gasteiger charge is -2.19. The van der Waals surface area contributed by atoms with Crippen molar-refractivity contribution in [2.24, 2.45) is 0 Å². The second-order valence-electron chi connectivity index (χ2n) is 3.86. The molecule has 0 saturated heterocycles. The average molecular weight is 360 g/mol. The second-order valence-corrected chi connectivity index (χ2v) is 6.53. The van der Waals surface area contributed by atoms with Crippen molar-refractivity contribution in [2.45, 2.75) is 31.8 Å². The molecule has 1 heterocycles. The molecule has 0 bridgehead atoms. The minimum atomic E-state index is -3.98.